The minimum absolute atomic E-state index is 0.00898. The van der Waals surface area contributed by atoms with Crippen LogP contribution in [0.4, 0.5) is 5.82 Å². The van der Waals surface area contributed by atoms with Crippen LogP contribution in [-0.4, -0.2) is 35.4 Å². The zero-order valence-corrected chi connectivity index (χ0v) is 13.0. The smallest absolute Gasteiger partial charge is 0.272 e. The molecule has 2 aromatic rings. The monoisotopic (exact) mass is 285 g/mol. The van der Waals surface area contributed by atoms with Crippen LogP contribution in [0, 0.1) is 0 Å². The zero-order chi connectivity index (χ0) is 15.2. The molecule has 0 fully saturated rings. The number of nitrogens with one attached hydrogen (secondary N) is 1. The topological polar surface area (TPSA) is 45.2 Å². The lowest BCUT2D eigenvalue weighted by Crippen LogP contribution is -2.31. The van der Waals surface area contributed by atoms with Gasteiger partial charge in [0, 0.05) is 25.0 Å². The first-order valence-electron chi connectivity index (χ1n) is 7.64. The third-order valence-corrected chi connectivity index (χ3v) is 3.55. The average Bonchev–Trinajstić information content (AvgIpc) is 2.53. The van der Waals surface area contributed by atoms with Gasteiger partial charge in [-0.25, -0.2) is 4.98 Å². The summed E-state index contributed by atoms with van der Waals surface area (Å²) in [5.41, 5.74) is 0.510. The van der Waals surface area contributed by atoms with Gasteiger partial charge in [0.05, 0.1) is 0 Å². The minimum atomic E-state index is -0.00898. The average molecular weight is 285 g/mol. The van der Waals surface area contributed by atoms with Crippen LogP contribution >= 0.6 is 0 Å². The van der Waals surface area contributed by atoms with Crippen molar-refractivity contribution in [1.82, 2.24) is 9.88 Å². The van der Waals surface area contributed by atoms with E-state index in [1.807, 2.05) is 44.2 Å². The number of carbonyl (C=O) groups excluding carboxylic acids is 1. The van der Waals surface area contributed by atoms with Gasteiger partial charge in [-0.15, -0.1) is 0 Å². The molecule has 0 atom stereocenters. The lowest BCUT2D eigenvalue weighted by atomic mass is 10.1. The van der Waals surface area contributed by atoms with Gasteiger partial charge in [0.15, 0.2) is 0 Å². The van der Waals surface area contributed by atoms with Gasteiger partial charge >= 0.3 is 0 Å². The number of pyridine rings is 1. The van der Waals surface area contributed by atoms with E-state index >= 15 is 0 Å². The largest absolute Gasteiger partial charge is 0.370 e. The molecule has 1 heterocycles. The van der Waals surface area contributed by atoms with Crippen LogP contribution in [0.5, 0.6) is 0 Å². The Hall–Kier alpha value is -2.10. The van der Waals surface area contributed by atoms with Gasteiger partial charge in [0.25, 0.3) is 5.91 Å². The van der Waals surface area contributed by atoms with Crippen LogP contribution in [-0.2, 0) is 0 Å². The molecule has 0 aliphatic rings. The Morgan fingerprint density at radius 3 is 2.57 bits per heavy atom. The maximum absolute atomic E-state index is 12.5. The first kappa shape index (κ1) is 15.3. The van der Waals surface area contributed by atoms with Crippen molar-refractivity contribution in [3.63, 3.8) is 0 Å². The first-order valence-corrected chi connectivity index (χ1v) is 7.64. The van der Waals surface area contributed by atoms with Crippen molar-refractivity contribution in [1.29, 1.82) is 0 Å². The highest BCUT2D eigenvalue weighted by Gasteiger charge is 2.16. The second-order valence-electron chi connectivity index (χ2n) is 4.98. The Morgan fingerprint density at radius 1 is 1.19 bits per heavy atom. The van der Waals surface area contributed by atoms with Crippen LogP contribution in [0.1, 0.15) is 37.7 Å². The number of rotatable bonds is 6. The summed E-state index contributed by atoms with van der Waals surface area (Å²) in [7, 11) is 0. The normalized spacial score (nSPS) is 10.6. The number of nitrogens with zero attached hydrogens (tertiary/aromatic N) is 2. The SMILES string of the molecule is CCCNc1nc(C(=O)N(CC)CC)cc2ccccc12. The molecule has 4 nitrogen and oxygen atoms in total. The van der Waals surface area contributed by atoms with E-state index in [2.05, 4.69) is 17.2 Å². The number of fused-ring (bicyclic) bond motifs is 1. The van der Waals surface area contributed by atoms with Crippen molar-refractivity contribution in [2.45, 2.75) is 27.2 Å². The van der Waals surface area contributed by atoms with Gasteiger partial charge in [0.1, 0.15) is 11.5 Å². The lowest BCUT2D eigenvalue weighted by molar-refractivity contribution is 0.0767. The van der Waals surface area contributed by atoms with Crippen LogP contribution < -0.4 is 5.32 Å². The van der Waals surface area contributed by atoms with Crippen molar-refractivity contribution < 1.29 is 4.79 Å². The van der Waals surface area contributed by atoms with E-state index in [0.717, 1.165) is 29.6 Å². The number of aromatic nitrogens is 1. The van der Waals surface area contributed by atoms with Crippen LogP contribution in [0.15, 0.2) is 30.3 Å². The molecule has 0 saturated heterocycles. The number of anilines is 1. The van der Waals surface area contributed by atoms with E-state index < -0.39 is 0 Å². The summed E-state index contributed by atoms with van der Waals surface area (Å²) in [5.74, 6) is 0.788. The van der Waals surface area contributed by atoms with E-state index in [4.69, 9.17) is 0 Å². The fraction of sp³-hybridized carbons (Fsp3) is 0.412. The molecule has 0 spiro atoms. The fourth-order valence-electron chi connectivity index (χ4n) is 2.36. The second kappa shape index (κ2) is 7.07. The Balaban J connectivity index is 2.47. The van der Waals surface area contributed by atoms with Crippen molar-refractivity contribution in [2.24, 2.45) is 0 Å². The number of hydrogen-bond acceptors (Lipinski definition) is 3. The maximum atomic E-state index is 12.5. The predicted molar refractivity (Wildman–Crippen MR) is 87.8 cm³/mol. The molecule has 21 heavy (non-hydrogen) atoms. The molecule has 4 heteroatoms. The maximum Gasteiger partial charge on any atom is 0.272 e. The predicted octanol–water partition coefficient (Wildman–Crippen LogP) is 3.54. The molecular weight excluding hydrogens is 262 g/mol. The van der Waals surface area contributed by atoms with Gasteiger partial charge < -0.3 is 10.2 Å². The molecule has 1 N–H and O–H groups in total. The molecule has 1 aromatic carbocycles. The van der Waals surface area contributed by atoms with Gasteiger partial charge in [-0.2, -0.15) is 0 Å². The summed E-state index contributed by atoms with van der Waals surface area (Å²) < 4.78 is 0. The Kier molecular flexibility index (Phi) is 5.14. The molecule has 0 saturated carbocycles. The van der Waals surface area contributed by atoms with Crippen LogP contribution in [0.25, 0.3) is 10.8 Å². The summed E-state index contributed by atoms with van der Waals surface area (Å²) in [4.78, 5) is 18.9. The molecular formula is C17H23N3O. The van der Waals surface area contributed by atoms with E-state index in [0.29, 0.717) is 18.8 Å². The highest BCUT2D eigenvalue weighted by Crippen LogP contribution is 2.23. The third-order valence-electron chi connectivity index (χ3n) is 3.55. The van der Waals surface area contributed by atoms with Crippen LogP contribution in [0.2, 0.25) is 0 Å². The third kappa shape index (κ3) is 3.32. The molecule has 112 valence electrons. The number of hydrogen-bond donors (Lipinski definition) is 1. The number of amides is 1. The summed E-state index contributed by atoms with van der Waals surface area (Å²) >= 11 is 0. The molecule has 0 aliphatic carbocycles. The van der Waals surface area contributed by atoms with Crippen molar-refractivity contribution in [3.05, 3.63) is 36.0 Å². The fourth-order valence-corrected chi connectivity index (χ4v) is 2.36. The van der Waals surface area contributed by atoms with Crippen molar-refractivity contribution in [2.75, 3.05) is 25.0 Å². The second-order valence-corrected chi connectivity index (χ2v) is 4.98. The molecule has 0 radical (unpaired) electrons. The zero-order valence-electron chi connectivity index (χ0n) is 13.0. The van der Waals surface area contributed by atoms with E-state index in [1.165, 1.54) is 0 Å². The molecule has 0 bridgehead atoms. The van der Waals surface area contributed by atoms with Crippen molar-refractivity contribution >= 4 is 22.5 Å². The Bertz CT molecular complexity index is 620. The first-order chi connectivity index (χ1) is 10.2. The molecule has 0 unspecified atom stereocenters. The highest BCUT2D eigenvalue weighted by molar-refractivity contribution is 6.00. The van der Waals surface area contributed by atoms with Gasteiger partial charge in [-0.1, -0.05) is 31.2 Å². The van der Waals surface area contributed by atoms with Gasteiger partial charge in [-0.05, 0) is 31.7 Å². The van der Waals surface area contributed by atoms with E-state index in [9.17, 15) is 4.79 Å². The van der Waals surface area contributed by atoms with Gasteiger partial charge in [-0.3, -0.25) is 4.79 Å². The summed E-state index contributed by atoms with van der Waals surface area (Å²) in [5, 5.41) is 5.43. The molecule has 0 aliphatic heterocycles. The van der Waals surface area contributed by atoms with E-state index in [1.54, 1.807) is 4.90 Å². The van der Waals surface area contributed by atoms with E-state index in [-0.39, 0.29) is 5.91 Å². The minimum Gasteiger partial charge on any atom is -0.370 e. The quantitative estimate of drug-likeness (QED) is 0.883. The molecule has 1 amide bonds. The van der Waals surface area contributed by atoms with Gasteiger partial charge in [0.2, 0.25) is 0 Å². The lowest BCUT2D eigenvalue weighted by Gasteiger charge is -2.19. The molecule has 1 aromatic heterocycles. The number of benzene rings is 1. The Morgan fingerprint density at radius 2 is 1.90 bits per heavy atom. The number of carbonyl (C=O) groups is 1. The van der Waals surface area contributed by atoms with Crippen LogP contribution in [0.3, 0.4) is 0 Å². The summed E-state index contributed by atoms with van der Waals surface area (Å²) in [6.45, 7) is 8.32. The highest BCUT2D eigenvalue weighted by atomic mass is 16.2. The summed E-state index contributed by atoms with van der Waals surface area (Å²) in [6, 6.07) is 9.91. The Labute approximate surface area is 126 Å². The standard InChI is InChI=1S/C17H23N3O/c1-4-11-18-16-14-10-8-7-9-13(14)12-15(19-16)17(21)20(5-2)6-3/h7-10,12H,4-6,11H2,1-3H3,(H,18,19). The summed E-state index contributed by atoms with van der Waals surface area (Å²) in [6.07, 6.45) is 1.02. The molecule has 2 rings (SSSR count). The van der Waals surface area contributed by atoms with Crippen molar-refractivity contribution in [3.8, 4) is 0 Å².